The Labute approximate surface area is 215 Å². The van der Waals surface area contributed by atoms with Crippen molar-refractivity contribution in [3.8, 4) is 11.6 Å². The zero-order chi connectivity index (χ0) is 25.5. The average molecular weight is 519 g/mol. The van der Waals surface area contributed by atoms with E-state index in [1.54, 1.807) is 38.4 Å². The highest BCUT2D eigenvalue weighted by Crippen LogP contribution is 2.32. The number of pyridine rings is 1. The van der Waals surface area contributed by atoms with E-state index in [2.05, 4.69) is 9.38 Å². The number of nitrogens with zero attached hydrogens (tertiary/aromatic N) is 4. The topological polar surface area (TPSA) is 84.2 Å². The van der Waals surface area contributed by atoms with Crippen LogP contribution in [0.25, 0.3) is 0 Å². The van der Waals surface area contributed by atoms with Gasteiger partial charge in [0.2, 0.25) is 5.88 Å². The predicted molar refractivity (Wildman–Crippen MR) is 143 cm³/mol. The van der Waals surface area contributed by atoms with E-state index >= 15 is 0 Å². The summed E-state index contributed by atoms with van der Waals surface area (Å²) < 4.78 is 35.9. The molecule has 0 spiro atoms. The van der Waals surface area contributed by atoms with Gasteiger partial charge >= 0.3 is 0 Å². The van der Waals surface area contributed by atoms with E-state index in [0.29, 0.717) is 22.2 Å². The Bertz CT molecular complexity index is 1470. The molecule has 4 aromatic rings. The summed E-state index contributed by atoms with van der Waals surface area (Å²) in [7, 11) is -0.818. The summed E-state index contributed by atoms with van der Waals surface area (Å²) in [5.74, 6) is 0.210. The highest BCUT2D eigenvalue weighted by molar-refractivity contribution is 7.90. The molecule has 0 aliphatic carbocycles. The fourth-order valence-corrected chi connectivity index (χ4v) is 4.41. The number of sulfonamides is 1. The third-order valence-corrected chi connectivity index (χ3v) is 6.30. The number of halogens is 1. The van der Waals surface area contributed by atoms with Gasteiger partial charge < -0.3 is 9.64 Å². The Morgan fingerprint density at radius 2 is 1.56 bits per heavy atom. The van der Waals surface area contributed by atoms with Crippen molar-refractivity contribution in [1.29, 1.82) is 0 Å². The van der Waals surface area contributed by atoms with Crippen molar-refractivity contribution in [2.24, 2.45) is 9.39 Å². The van der Waals surface area contributed by atoms with E-state index in [-0.39, 0.29) is 10.8 Å². The predicted octanol–water partition coefficient (Wildman–Crippen LogP) is 5.98. The Morgan fingerprint density at radius 3 is 2.14 bits per heavy atom. The Balaban J connectivity index is 1.86. The van der Waals surface area contributed by atoms with E-state index in [0.717, 1.165) is 11.1 Å². The van der Waals surface area contributed by atoms with Crippen LogP contribution in [0.15, 0.2) is 111 Å². The minimum atomic E-state index is -4.17. The molecule has 0 bridgehead atoms. The number of rotatable bonds is 8. The average Bonchev–Trinajstić information content (AvgIpc) is 2.88. The van der Waals surface area contributed by atoms with Gasteiger partial charge in [0.25, 0.3) is 10.0 Å². The first-order valence-corrected chi connectivity index (χ1v) is 12.7. The molecule has 4 rings (SSSR count). The SMILES string of the molecule is CN(C)/C=N\S(=O)(=O)c1cc(N=C(c2ccccc2)c2ccccc2)cnc1Oc1cccc(Cl)c1. The Kier molecular flexibility index (Phi) is 7.77. The molecular formula is C27H23ClN4O3S. The van der Waals surface area contributed by atoms with Gasteiger partial charge in [0.15, 0.2) is 4.90 Å². The molecule has 0 amide bonds. The molecule has 1 heterocycles. The third-order valence-electron chi connectivity index (χ3n) is 4.84. The molecule has 0 unspecified atom stereocenters. The van der Waals surface area contributed by atoms with Gasteiger partial charge in [-0.25, -0.2) is 9.98 Å². The highest BCUT2D eigenvalue weighted by Gasteiger charge is 2.22. The van der Waals surface area contributed by atoms with Crippen molar-refractivity contribution in [2.75, 3.05) is 14.1 Å². The summed E-state index contributed by atoms with van der Waals surface area (Å²) in [4.78, 5) is 10.4. The maximum Gasteiger partial charge on any atom is 0.289 e. The molecule has 0 radical (unpaired) electrons. The monoisotopic (exact) mass is 518 g/mol. The normalized spacial score (nSPS) is 11.3. The van der Waals surface area contributed by atoms with Crippen molar-refractivity contribution >= 4 is 39.4 Å². The number of hydrogen-bond acceptors (Lipinski definition) is 5. The van der Waals surface area contributed by atoms with E-state index < -0.39 is 10.0 Å². The van der Waals surface area contributed by atoms with Crippen LogP contribution in [0.2, 0.25) is 5.02 Å². The Morgan fingerprint density at radius 1 is 0.917 bits per heavy atom. The number of aromatic nitrogens is 1. The lowest BCUT2D eigenvalue weighted by atomic mass is 10.0. The van der Waals surface area contributed by atoms with E-state index in [1.807, 2.05) is 60.7 Å². The molecule has 0 N–H and O–H groups in total. The smallest absolute Gasteiger partial charge is 0.289 e. The van der Waals surface area contributed by atoms with Gasteiger partial charge in [0.1, 0.15) is 12.1 Å². The lowest BCUT2D eigenvalue weighted by molar-refractivity contribution is 0.447. The van der Waals surface area contributed by atoms with Crippen molar-refractivity contribution < 1.29 is 13.2 Å². The zero-order valence-electron chi connectivity index (χ0n) is 19.6. The molecule has 0 aliphatic rings. The van der Waals surface area contributed by atoms with Crippen molar-refractivity contribution in [3.63, 3.8) is 0 Å². The van der Waals surface area contributed by atoms with Crippen LogP contribution in [0.5, 0.6) is 11.6 Å². The molecule has 0 fully saturated rings. The summed E-state index contributed by atoms with van der Waals surface area (Å²) in [6.07, 6.45) is 2.66. The van der Waals surface area contributed by atoms with Crippen molar-refractivity contribution in [1.82, 2.24) is 9.88 Å². The highest BCUT2D eigenvalue weighted by atomic mass is 35.5. The molecule has 9 heteroatoms. The summed E-state index contributed by atoms with van der Waals surface area (Å²) in [5, 5.41) is 0.444. The zero-order valence-corrected chi connectivity index (χ0v) is 21.2. The van der Waals surface area contributed by atoms with Crippen LogP contribution in [-0.4, -0.2) is 44.4 Å². The fraction of sp³-hybridized carbons (Fsp3) is 0.0741. The molecule has 3 aromatic carbocycles. The number of aliphatic imine (C=N–C) groups is 1. The number of hydrogen-bond donors (Lipinski definition) is 0. The first-order valence-electron chi connectivity index (χ1n) is 10.9. The summed E-state index contributed by atoms with van der Waals surface area (Å²) in [6.45, 7) is 0. The second-order valence-corrected chi connectivity index (χ2v) is 9.95. The van der Waals surface area contributed by atoms with Crippen molar-refractivity contribution in [3.05, 3.63) is 113 Å². The van der Waals surface area contributed by atoms with Crippen LogP contribution >= 0.6 is 11.6 Å². The standard InChI is InChI=1S/C27H23ClN4O3S/c1-32(2)19-30-36(33,34)25-17-23(18-29-27(25)35-24-15-9-14-22(28)16-24)31-26(20-10-5-3-6-11-20)21-12-7-4-8-13-21/h3-19H,1-2H3/b30-19-. The van der Waals surface area contributed by atoms with Gasteiger partial charge in [-0.2, -0.15) is 8.42 Å². The summed E-state index contributed by atoms with van der Waals surface area (Å²) in [6, 6.07) is 27.3. The van der Waals surface area contributed by atoms with E-state index in [4.69, 9.17) is 21.3 Å². The maximum absolute atomic E-state index is 13.2. The second-order valence-electron chi connectivity index (χ2n) is 7.91. The van der Waals surface area contributed by atoms with Crippen LogP contribution in [-0.2, 0) is 10.0 Å². The molecule has 1 aromatic heterocycles. The van der Waals surface area contributed by atoms with Crippen molar-refractivity contribution in [2.45, 2.75) is 4.90 Å². The lowest BCUT2D eigenvalue weighted by Gasteiger charge is -2.12. The summed E-state index contributed by atoms with van der Waals surface area (Å²) >= 11 is 6.06. The minimum absolute atomic E-state index is 0.131. The molecule has 182 valence electrons. The number of benzene rings is 3. The largest absolute Gasteiger partial charge is 0.438 e. The minimum Gasteiger partial charge on any atom is -0.438 e. The second kappa shape index (κ2) is 11.2. The van der Waals surface area contributed by atoms with Crippen LogP contribution in [0, 0.1) is 0 Å². The molecule has 0 saturated carbocycles. The van der Waals surface area contributed by atoms with Gasteiger partial charge in [-0.15, -0.1) is 4.40 Å². The number of ether oxygens (including phenoxy) is 1. The van der Waals surface area contributed by atoms with Crippen LogP contribution in [0.1, 0.15) is 11.1 Å². The van der Waals surface area contributed by atoms with Gasteiger partial charge in [0.05, 0.1) is 17.6 Å². The van der Waals surface area contributed by atoms with Gasteiger partial charge in [0, 0.05) is 30.2 Å². The summed E-state index contributed by atoms with van der Waals surface area (Å²) in [5.41, 5.74) is 2.74. The van der Waals surface area contributed by atoms with Crippen LogP contribution in [0.3, 0.4) is 0 Å². The van der Waals surface area contributed by atoms with Gasteiger partial charge in [-0.3, -0.25) is 0 Å². The molecule has 0 atom stereocenters. The lowest BCUT2D eigenvalue weighted by Crippen LogP contribution is -2.11. The fourth-order valence-electron chi connectivity index (χ4n) is 3.22. The first-order chi connectivity index (χ1) is 17.3. The third kappa shape index (κ3) is 6.35. The first kappa shape index (κ1) is 25.1. The quantitative estimate of drug-likeness (QED) is 0.212. The Hall–Kier alpha value is -4.01. The van der Waals surface area contributed by atoms with Gasteiger partial charge in [-0.1, -0.05) is 78.3 Å². The molecular weight excluding hydrogens is 496 g/mol. The van der Waals surface area contributed by atoms with Gasteiger partial charge in [-0.05, 0) is 24.3 Å². The van der Waals surface area contributed by atoms with E-state index in [1.165, 1.54) is 23.5 Å². The van der Waals surface area contributed by atoms with Crippen LogP contribution in [0.4, 0.5) is 5.69 Å². The molecule has 7 nitrogen and oxygen atoms in total. The molecule has 0 saturated heterocycles. The molecule has 0 aliphatic heterocycles. The van der Waals surface area contributed by atoms with Crippen LogP contribution < -0.4 is 4.74 Å². The maximum atomic E-state index is 13.2. The molecule has 36 heavy (non-hydrogen) atoms. The van der Waals surface area contributed by atoms with E-state index in [9.17, 15) is 8.42 Å².